The van der Waals surface area contributed by atoms with Gasteiger partial charge in [-0.15, -0.1) is 0 Å². The van der Waals surface area contributed by atoms with E-state index in [2.05, 4.69) is 18.8 Å². The largest absolute Gasteiger partial charge is 0.490 e. The van der Waals surface area contributed by atoms with E-state index < -0.39 is 0 Å². The minimum atomic E-state index is -0.0847. The summed E-state index contributed by atoms with van der Waals surface area (Å²) in [6, 6.07) is 13.2. The van der Waals surface area contributed by atoms with Crippen molar-refractivity contribution in [3.8, 4) is 17.4 Å². The van der Waals surface area contributed by atoms with Crippen LogP contribution in [0.1, 0.15) is 20.8 Å². The van der Waals surface area contributed by atoms with Crippen molar-refractivity contribution in [2.75, 3.05) is 13.2 Å². The van der Waals surface area contributed by atoms with E-state index in [9.17, 15) is 0 Å². The fraction of sp³-hybridized carbons (Fsp3) is 0.316. The number of allylic oxidation sites excluding steroid dienone is 1. The zero-order valence-electron chi connectivity index (χ0n) is 13.9. The summed E-state index contributed by atoms with van der Waals surface area (Å²) in [4.78, 5) is 4.13. The van der Waals surface area contributed by atoms with Gasteiger partial charge < -0.3 is 14.2 Å². The fourth-order valence-electron chi connectivity index (χ4n) is 1.81. The molecule has 1 atom stereocenters. The first-order valence-corrected chi connectivity index (χ1v) is 7.70. The molecular weight excluding hydrogens is 290 g/mol. The highest BCUT2D eigenvalue weighted by atomic mass is 16.5. The summed E-state index contributed by atoms with van der Waals surface area (Å²) >= 11 is 0. The molecule has 0 amide bonds. The SMILES string of the molecule is CC(C)=CCOc1ccc(OCC(C)Oc2ccccn2)cc1. The smallest absolute Gasteiger partial charge is 0.213 e. The summed E-state index contributed by atoms with van der Waals surface area (Å²) in [5.41, 5.74) is 1.24. The van der Waals surface area contributed by atoms with Gasteiger partial charge in [0.2, 0.25) is 5.88 Å². The van der Waals surface area contributed by atoms with Crippen molar-refractivity contribution < 1.29 is 14.2 Å². The number of hydrogen-bond donors (Lipinski definition) is 0. The number of hydrogen-bond acceptors (Lipinski definition) is 4. The Bertz CT molecular complexity index is 604. The minimum Gasteiger partial charge on any atom is -0.490 e. The summed E-state index contributed by atoms with van der Waals surface area (Å²) in [7, 11) is 0. The van der Waals surface area contributed by atoms with Crippen molar-refractivity contribution in [3.63, 3.8) is 0 Å². The van der Waals surface area contributed by atoms with Crippen LogP contribution in [-0.2, 0) is 0 Å². The molecule has 2 rings (SSSR count). The molecular formula is C19H23NO3. The molecule has 0 N–H and O–H groups in total. The molecule has 0 saturated heterocycles. The van der Waals surface area contributed by atoms with Crippen molar-refractivity contribution in [2.24, 2.45) is 0 Å². The van der Waals surface area contributed by atoms with Crippen LogP contribution in [-0.4, -0.2) is 24.3 Å². The van der Waals surface area contributed by atoms with Gasteiger partial charge in [0.05, 0.1) is 0 Å². The third-order valence-corrected chi connectivity index (χ3v) is 3.01. The van der Waals surface area contributed by atoms with Crippen LogP contribution in [0.2, 0.25) is 0 Å². The maximum Gasteiger partial charge on any atom is 0.213 e. The lowest BCUT2D eigenvalue weighted by Crippen LogP contribution is -2.21. The van der Waals surface area contributed by atoms with E-state index in [1.54, 1.807) is 6.20 Å². The standard InChI is InChI=1S/C19H23NO3/c1-15(2)11-13-21-17-7-9-18(10-8-17)22-14-16(3)23-19-6-4-5-12-20-19/h4-12,16H,13-14H2,1-3H3. The first-order valence-electron chi connectivity index (χ1n) is 7.70. The van der Waals surface area contributed by atoms with Gasteiger partial charge in [-0.2, -0.15) is 0 Å². The lowest BCUT2D eigenvalue weighted by atomic mass is 10.3. The summed E-state index contributed by atoms with van der Waals surface area (Å²) in [5, 5.41) is 0. The zero-order valence-corrected chi connectivity index (χ0v) is 13.9. The number of rotatable bonds is 8. The second-order valence-corrected chi connectivity index (χ2v) is 5.47. The summed E-state index contributed by atoms with van der Waals surface area (Å²) in [6.45, 7) is 7.08. The first-order chi connectivity index (χ1) is 11.1. The van der Waals surface area contributed by atoms with Gasteiger partial charge in [0, 0.05) is 12.3 Å². The van der Waals surface area contributed by atoms with E-state index in [0.29, 0.717) is 19.1 Å². The van der Waals surface area contributed by atoms with E-state index in [-0.39, 0.29) is 6.10 Å². The van der Waals surface area contributed by atoms with E-state index in [1.165, 1.54) is 5.57 Å². The fourth-order valence-corrected chi connectivity index (χ4v) is 1.81. The Kier molecular flexibility index (Phi) is 6.48. The van der Waals surface area contributed by atoms with E-state index in [1.807, 2.05) is 55.5 Å². The number of nitrogens with zero attached hydrogens (tertiary/aromatic N) is 1. The lowest BCUT2D eigenvalue weighted by molar-refractivity contribution is 0.138. The summed E-state index contributed by atoms with van der Waals surface area (Å²) < 4.78 is 17.0. The normalized spacial score (nSPS) is 11.4. The van der Waals surface area contributed by atoms with Crippen LogP contribution < -0.4 is 14.2 Å². The average Bonchev–Trinajstić information content (AvgIpc) is 2.55. The molecule has 1 heterocycles. The Hall–Kier alpha value is -2.49. The van der Waals surface area contributed by atoms with Crippen molar-refractivity contribution in [2.45, 2.75) is 26.9 Å². The highest BCUT2D eigenvalue weighted by Gasteiger charge is 2.06. The zero-order chi connectivity index (χ0) is 16.5. The quantitative estimate of drug-likeness (QED) is 0.682. The first kappa shape index (κ1) is 16.9. The van der Waals surface area contributed by atoms with Gasteiger partial charge in [0.25, 0.3) is 0 Å². The molecule has 0 spiro atoms. The Morgan fingerprint density at radius 3 is 2.35 bits per heavy atom. The van der Waals surface area contributed by atoms with Gasteiger partial charge in [-0.25, -0.2) is 4.98 Å². The Balaban J connectivity index is 1.76. The molecule has 2 aromatic rings. The van der Waals surface area contributed by atoms with Gasteiger partial charge in [0.1, 0.15) is 30.8 Å². The van der Waals surface area contributed by atoms with Gasteiger partial charge in [-0.05, 0) is 57.2 Å². The van der Waals surface area contributed by atoms with E-state index in [4.69, 9.17) is 14.2 Å². The molecule has 23 heavy (non-hydrogen) atoms. The van der Waals surface area contributed by atoms with Crippen LogP contribution in [0.25, 0.3) is 0 Å². The van der Waals surface area contributed by atoms with Crippen molar-refractivity contribution >= 4 is 0 Å². The predicted molar refractivity (Wildman–Crippen MR) is 91.2 cm³/mol. The molecule has 1 aromatic carbocycles. The van der Waals surface area contributed by atoms with Crippen LogP contribution >= 0.6 is 0 Å². The average molecular weight is 313 g/mol. The third kappa shape index (κ3) is 6.43. The Morgan fingerprint density at radius 1 is 1.04 bits per heavy atom. The maximum absolute atomic E-state index is 5.72. The molecule has 1 aromatic heterocycles. The number of ether oxygens (including phenoxy) is 3. The molecule has 0 aliphatic carbocycles. The molecule has 0 fully saturated rings. The summed E-state index contributed by atoms with van der Waals surface area (Å²) in [5.74, 6) is 2.22. The van der Waals surface area contributed by atoms with Gasteiger partial charge >= 0.3 is 0 Å². The van der Waals surface area contributed by atoms with Crippen LogP contribution in [0.3, 0.4) is 0 Å². The van der Waals surface area contributed by atoms with Crippen LogP contribution in [0.5, 0.6) is 17.4 Å². The van der Waals surface area contributed by atoms with Crippen LogP contribution in [0, 0.1) is 0 Å². The van der Waals surface area contributed by atoms with E-state index >= 15 is 0 Å². The Morgan fingerprint density at radius 2 is 1.74 bits per heavy atom. The second kappa shape index (κ2) is 8.83. The maximum atomic E-state index is 5.72. The lowest BCUT2D eigenvalue weighted by Gasteiger charge is -2.15. The van der Waals surface area contributed by atoms with Crippen molar-refractivity contribution in [1.82, 2.24) is 4.98 Å². The molecule has 0 aliphatic rings. The van der Waals surface area contributed by atoms with Gasteiger partial charge in [-0.1, -0.05) is 11.6 Å². The van der Waals surface area contributed by atoms with Crippen LogP contribution in [0.4, 0.5) is 0 Å². The van der Waals surface area contributed by atoms with Gasteiger partial charge in [0.15, 0.2) is 0 Å². The molecule has 0 radical (unpaired) electrons. The van der Waals surface area contributed by atoms with Gasteiger partial charge in [-0.3, -0.25) is 0 Å². The minimum absolute atomic E-state index is 0.0847. The molecule has 4 nitrogen and oxygen atoms in total. The summed E-state index contributed by atoms with van der Waals surface area (Å²) in [6.07, 6.45) is 3.66. The monoisotopic (exact) mass is 313 g/mol. The highest BCUT2D eigenvalue weighted by Crippen LogP contribution is 2.18. The third-order valence-electron chi connectivity index (χ3n) is 3.01. The molecule has 0 saturated carbocycles. The number of pyridine rings is 1. The Labute approximate surface area is 137 Å². The number of benzene rings is 1. The topological polar surface area (TPSA) is 40.6 Å². The van der Waals surface area contributed by atoms with Crippen molar-refractivity contribution in [3.05, 3.63) is 60.3 Å². The number of aromatic nitrogens is 1. The van der Waals surface area contributed by atoms with Crippen LogP contribution in [0.15, 0.2) is 60.3 Å². The predicted octanol–water partition coefficient (Wildman–Crippen LogP) is 4.27. The van der Waals surface area contributed by atoms with Crippen molar-refractivity contribution in [1.29, 1.82) is 0 Å². The highest BCUT2D eigenvalue weighted by molar-refractivity contribution is 5.31. The molecule has 4 heteroatoms. The molecule has 1 unspecified atom stereocenters. The molecule has 0 bridgehead atoms. The molecule has 122 valence electrons. The van der Waals surface area contributed by atoms with E-state index in [0.717, 1.165) is 11.5 Å². The molecule has 0 aliphatic heterocycles. The second-order valence-electron chi connectivity index (χ2n) is 5.47.